The fourth-order valence-corrected chi connectivity index (χ4v) is 3.70. The highest BCUT2D eigenvalue weighted by molar-refractivity contribution is 5.70. The van der Waals surface area contributed by atoms with Crippen LogP contribution in [0.5, 0.6) is 0 Å². The van der Waals surface area contributed by atoms with E-state index in [1.54, 1.807) is 0 Å². The Labute approximate surface area is 244 Å². The quantitative estimate of drug-likeness (QED) is 0.0653. The van der Waals surface area contributed by atoms with Crippen molar-refractivity contribution in [1.82, 2.24) is 0 Å². The van der Waals surface area contributed by atoms with E-state index < -0.39 is 6.10 Å². The zero-order valence-electron chi connectivity index (χ0n) is 25.3. The van der Waals surface area contributed by atoms with Crippen molar-refractivity contribution in [1.29, 1.82) is 0 Å². The van der Waals surface area contributed by atoms with E-state index in [4.69, 9.17) is 9.47 Å². The molecule has 40 heavy (non-hydrogen) atoms. The van der Waals surface area contributed by atoms with Gasteiger partial charge in [0.2, 0.25) is 0 Å². The number of ether oxygens (including phenoxy) is 2. The highest BCUT2D eigenvalue weighted by Crippen LogP contribution is 2.08. The van der Waals surface area contributed by atoms with Crippen molar-refractivity contribution in [2.45, 2.75) is 123 Å². The summed E-state index contributed by atoms with van der Waals surface area (Å²) in [6, 6.07) is 0. The van der Waals surface area contributed by atoms with Gasteiger partial charge in [0.15, 0.2) is 6.10 Å². The molecule has 0 radical (unpaired) electrons. The minimum absolute atomic E-state index is 0.0975. The normalized spacial score (nSPS) is 13.2. The molecule has 226 valence electrons. The molecule has 1 N–H and O–H groups in total. The molecule has 0 heterocycles. The van der Waals surface area contributed by atoms with Crippen LogP contribution in [0.15, 0.2) is 72.9 Å². The van der Waals surface area contributed by atoms with Crippen LogP contribution in [0.4, 0.5) is 0 Å². The van der Waals surface area contributed by atoms with Crippen LogP contribution in [0.25, 0.3) is 0 Å². The van der Waals surface area contributed by atoms with E-state index in [2.05, 4.69) is 86.8 Å². The zero-order chi connectivity index (χ0) is 29.4. The second-order valence-electron chi connectivity index (χ2n) is 9.76. The predicted molar refractivity (Wildman–Crippen MR) is 168 cm³/mol. The highest BCUT2D eigenvalue weighted by Gasteiger charge is 2.15. The van der Waals surface area contributed by atoms with Gasteiger partial charge in [-0.05, 0) is 77.0 Å². The number of hydrogen-bond acceptors (Lipinski definition) is 5. The highest BCUT2D eigenvalue weighted by atomic mass is 16.6. The van der Waals surface area contributed by atoms with Gasteiger partial charge in [0.05, 0.1) is 6.61 Å². The molecule has 1 unspecified atom stereocenters. The summed E-state index contributed by atoms with van der Waals surface area (Å²) in [6.45, 7) is 3.81. The Morgan fingerprint density at radius 1 is 0.575 bits per heavy atom. The third kappa shape index (κ3) is 28.4. The van der Waals surface area contributed by atoms with Crippen LogP contribution in [-0.2, 0) is 19.1 Å². The first-order valence-electron chi connectivity index (χ1n) is 15.5. The van der Waals surface area contributed by atoms with Crippen LogP contribution in [0.1, 0.15) is 117 Å². The van der Waals surface area contributed by atoms with Crippen molar-refractivity contribution in [3.8, 4) is 0 Å². The second-order valence-corrected chi connectivity index (χ2v) is 9.76. The molecular weight excluding hydrogens is 500 g/mol. The van der Waals surface area contributed by atoms with Crippen LogP contribution in [0, 0.1) is 0 Å². The number of esters is 2. The Bertz CT molecular complexity index is 773. The molecule has 0 aromatic heterocycles. The van der Waals surface area contributed by atoms with Crippen molar-refractivity contribution in [2.24, 2.45) is 0 Å². The van der Waals surface area contributed by atoms with Crippen molar-refractivity contribution < 1.29 is 24.2 Å². The van der Waals surface area contributed by atoms with Gasteiger partial charge < -0.3 is 14.6 Å². The summed E-state index contributed by atoms with van der Waals surface area (Å²) in [5.74, 6) is -0.672. The number of rotatable bonds is 26. The lowest BCUT2D eigenvalue weighted by Crippen LogP contribution is -2.28. The molecule has 0 aromatic rings. The van der Waals surface area contributed by atoms with E-state index in [9.17, 15) is 14.7 Å². The van der Waals surface area contributed by atoms with Crippen LogP contribution in [0.2, 0.25) is 0 Å². The van der Waals surface area contributed by atoms with Crippen LogP contribution >= 0.6 is 0 Å². The summed E-state index contributed by atoms with van der Waals surface area (Å²) in [7, 11) is 0. The molecule has 0 fully saturated rings. The molecule has 5 heteroatoms. The molecule has 0 aliphatic carbocycles. The molecule has 0 rings (SSSR count). The number of hydrogen-bond donors (Lipinski definition) is 1. The smallest absolute Gasteiger partial charge is 0.306 e. The van der Waals surface area contributed by atoms with Gasteiger partial charge in [-0.3, -0.25) is 9.59 Å². The lowest BCUT2D eigenvalue weighted by atomic mass is 10.1. The van der Waals surface area contributed by atoms with Gasteiger partial charge in [0, 0.05) is 12.8 Å². The van der Waals surface area contributed by atoms with Gasteiger partial charge in [-0.1, -0.05) is 99.6 Å². The summed E-state index contributed by atoms with van der Waals surface area (Å²) in [4.78, 5) is 24.0. The number of aliphatic hydroxyl groups excluding tert-OH is 1. The van der Waals surface area contributed by atoms with E-state index in [1.165, 1.54) is 0 Å². The maximum atomic E-state index is 12.1. The van der Waals surface area contributed by atoms with Crippen molar-refractivity contribution in [2.75, 3.05) is 13.2 Å². The van der Waals surface area contributed by atoms with E-state index in [0.717, 1.165) is 89.9 Å². The molecule has 1 atom stereocenters. The van der Waals surface area contributed by atoms with E-state index >= 15 is 0 Å². The fraction of sp³-hybridized carbons (Fsp3) is 0.600. The van der Waals surface area contributed by atoms with Gasteiger partial charge in [-0.15, -0.1) is 0 Å². The molecule has 0 saturated heterocycles. The maximum Gasteiger partial charge on any atom is 0.306 e. The number of unbranched alkanes of at least 4 members (excludes halogenated alkanes) is 6. The van der Waals surface area contributed by atoms with Crippen molar-refractivity contribution in [3.63, 3.8) is 0 Å². The Kier molecular flexibility index (Phi) is 28.8. The van der Waals surface area contributed by atoms with Gasteiger partial charge in [0.1, 0.15) is 6.61 Å². The minimum Gasteiger partial charge on any atom is -0.462 e. The molecule has 0 aromatic carbocycles. The minimum atomic E-state index is -0.799. The SMILES string of the molecule is CC/C=C\C/C=C\C/C=C\CCCCCC(=O)OCC(CO)OC(=O)CCCCC/C=C\C/C=C\C/C=C\CC. The topological polar surface area (TPSA) is 72.8 Å². The molecule has 5 nitrogen and oxygen atoms in total. The average molecular weight is 557 g/mol. The lowest BCUT2D eigenvalue weighted by molar-refractivity contribution is -0.161. The molecule has 0 spiro atoms. The Morgan fingerprint density at radius 3 is 1.45 bits per heavy atom. The Hall–Kier alpha value is -2.66. The van der Waals surface area contributed by atoms with Gasteiger partial charge in [0.25, 0.3) is 0 Å². The standard InChI is InChI=1S/C35H56O5/c1-3-5-7-9-11-13-15-17-19-21-23-25-27-29-34(37)39-32-33(31-36)40-35(38)30-28-26-24-22-20-18-16-14-12-10-8-6-4-2/h5-8,11-14,17-20,33,36H,3-4,9-10,15-16,21-32H2,1-2H3/b7-5-,8-6-,13-11-,14-12-,19-17-,20-18-. The Morgan fingerprint density at radius 2 is 1.00 bits per heavy atom. The first kappa shape index (κ1) is 37.3. The molecule has 0 amide bonds. The zero-order valence-corrected chi connectivity index (χ0v) is 25.3. The molecule has 0 aliphatic heterocycles. The predicted octanol–water partition coefficient (Wildman–Crippen LogP) is 9.05. The fourth-order valence-electron chi connectivity index (χ4n) is 3.70. The van der Waals surface area contributed by atoms with Crippen LogP contribution in [-0.4, -0.2) is 36.4 Å². The van der Waals surface area contributed by atoms with E-state index in [-0.39, 0.29) is 25.2 Å². The van der Waals surface area contributed by atoms with E-state index in [0.29, 0.717) is 12.8 Å². The number of carbonyl (C=O) groups is 2. The van der Waals surface area contributed by atoms with Crippen LogP contribution in [0.3, 0.4) is 0 Å². The summed E-state index contributed by atoms with van der Waals surface area (Å²) < 4.78 is 10.5. The largest absolute Gasteiger partial charge is 0.462 e. The van der Waals surface area contributed by atoms with Gasteiger partial charge in [-0.25, -0.2) is 0 Å². The first-order valence-corrected chi connectivity index (χ1v) is 15.5. The van der Waals surface area contributed by atoms with Crippen molar-refractivity contribution in [3.05, 3.63) is 72.9 Å². The van der Waals surface area contributed by atoms with E-state index in [1.807, 2.05) is 0 Å². The lowest BCUT2D eigenvalue weighted by Gasteiger charge is -2.15. The van der Waals surface area contributed by atoms with Gasteiger partial charge >= 0.3 is 11.9 Å². The molecule has 0 aliphatic rings. The third-order valence-electron chi connectivity index (χ3n) is 6.00. The third-order valence-corrected chi connectivity index (χ3v) is 6.00. The van der Waals surface area contributed by atoms with Crippen molar-refractivity contribution >= 4 is 11.9 Å². The summed E-state index contributed by atoms with van der Waals surface area (Å²) in [5.41, 5.74) is 0. The number of allylic oxidation sites excluding steroid dienone is 12. The number of aliphatic hydroxyl groups is 1. The molecule has 0 bridgehead atoms. The Balaban J connectivity index is 3.74. The number of carbonyl (C=O) groups excluding carboxylic acids is 2. The summed E-state index contributed by atoms with van der Waals surface area (Å²) in [6.07, 6.45) is 39.5. The average Bonchev–Trinajstić information content (AvgIpc) is 2.96. The summed E-state index contributed by atoms with van der Waals surface area (Å²) in [5, 5.41) is 9.47. The maximum absolute atomic E-state index is 12.1. The van der Waals surface area contributed by atoms with Crippen LogP contribution < -0.4 is 0 Å². The molecular formula is C35H56O5. The van der Waals surface area contributed by atoms with Gasteiger partial charge in [-0.2, -0.15) is 0 Å². The molecule has 0 saturated carbocycles. The summed E-state index contributed by atoms with van der Waals surface area (Å²) >= 11 is 0. The first-order chi connectivity index (χ1) is 19.6. The second kappa shape index (κ2) is 30.9. The monoisotopic (exact) mass is 556 g/mol.